The second-order valence-corrected chi connectivity index (χ2v) is 5.52. The van der Waals surface area contributed by atoms with E-state index in [0.717, 1.165) is 24.4 Å². The van der Waals surface area contributed by atoms with Crippen LogP contribution in [0.15, 0.2) is 36.7 Å². The van der Waals surface area contributed by atoms with Crippen LogP contribution in [0, 0.1) is 5.92 Å². The Bertz CT molecular complexity index is 587. The van der Waals surface area contributed by atoms with Crippen molar-refractivity contribution in [3.8, 4) is 0 Å². The Balaban J connectivity index is 1.53. The molecule has 1 aliphatic rings. The van der Waals surface area contributed by atoms with E-state index in [1.54, 1.807) is 6.20 Å². The number of hydrogen-bond acceptors (Lipinski definition) is 3. The van der Waals surface area contributed by atoms with Crippen molar-refractivity contribution in [2.45, 2.75) is 32.4 Å². The molecule has 21 heavy (non-hydrogen) atoms. The largest absolute Gasteiger partial charge is 0.348 e. The molecule has 0 bridgehead atoms. The highest BCUT2D eigenvalue weighted by Crippen LogP contribution is 2.30. The molecule has 0 radical (unpaired) electrons. The molecular weight excluding hydrogens is 264 g/mol. The number of rotatable bonds is 6. The van der Waals surface area contributed by atoms with Crippen LogP contribution in [0.25, 0.3) is 0 Å². The zero-order valence-corrected chi connectivity index (χ0v) is 12.1. The highest BCUT2D eigenvalue weighted by Gasteiger charge is 2.29. The summed E-state index contributed by atoms with van der Waals surface area (Å²) >= 11 is 0. The standard InChI is InChI=1S/C16H20N4O/c1-11(19-10-15-17-8-9-18-15)12-4-6-14(7-5-12)20-16(21)13-2-3-13/h4-9,11,13,19H,2-3,10H2,1H3,(H,17,18)(H,20,21). The number of aromatic amines is 1. The summed E-state index contributed by atoms with van der Waals surface area (Å²) in [5.74, 6) is 1.31. The van der Waals surface area contributed by atoms with Gasteiger partial charge in [-0.3, -0.25) is 4.79 Å². The minimum atomic E-state index is 0.145. The van der Waals surface area contributed by atoms with Crippen LogP contribution in [0.1, 0.15) is 37.2 Å². The fourth-order valence-corrected chi connectivity index (χ4v) is 2.21. The van der Waals surface area contributed by atoms with E-state index >= 15 is 0 Å². The van der Waals surface area contributed by atoms with Crippen LogP contribution in [0.3, 0.4) is 0 Å². The lowest BCUT2D eigenvalue weighted by Crippen LogP contribution is -2.19. The van der Waals surface area contributed by atoms with Gasteiger partial charge < -0.3 is 15.6 Å². The van der Waals surface area contributed by atoms with E-state index in [-0.39, 0.29) is 17.9 Å². The Labute approximate surface area is 124 Å². The van der Waals surface area contributed by atoms with Crippen LogP contribution in [0.5, 0.6) is 0 Å². The molecule has 110 valence electrons. The van der Waals surface area contributed by atoms with Crippen LogP contribution < -0.4 is 10.6 Å². The van der Waals surface area contributed by atoms with Gasteiger partial charge in [0.1, 0.15) is 5.82 Å². The van der Waals surface area contributed by atoms with Gasteiger partial charge in [0, 0.05) is 30.0 Å². The molecule has 1 heterocycles. The van der Waals surface area contributed by atoms with E-state index in [9.17, 15) is 4.79 Å². The van der Waals surface area contributed by atoms with Gasteiger partial charge in [-0.25, -0.2) is 4.98 Å². The zero-order valence-electron chi connectivity index (χ0n) is 12.1. The number of aromatic nitrogens is 2. The summed E-state index contributed by atoms with van der Waals surface area (Å²) in [5.41, 5.74) is 2.06. The first kappa shape index (κ1) is 13.8. The van der Waals surface area contributed by atoms with Crippen molar-refractivity contribution in [2.75, 3.05) is 5.32 Å². The summed E-state index contributed by atoms with van der Waals surface area (Å²) in [7, 11) is 0. The molecule has 1 amide bonds. The lowest BCUT2D eigenvalue weighted by Gasteiger charge is -2.14. The molecule has 2 aromatic rings. The molecule has 0 aliphatic heterocycles. The van der Waals surface area contributed by atoms with Crippen molar-refractivity contribution in [1.29, 1.82) is 0 Å². The number of anilines is 1. The summed E-state index contributed by atoms with van der Waals surface area (Å²) in [6.45, 7) is 2.81. The van der Waals surface area contributed by atoms with Crippen LogP contribution in [0.4, 0.5) is 5.69 Å². The SMILES string of the molecule is CC(NCc1ncc[nH]1)c1ccc(NC(=O)C2CC2)cc1. The van der Waals surface area contributed by atoms with Crippen molar-refractivity contribution in [3.05, 3.63) is 48.0 Å². The van der Waals surface area contributed by atoms with Crippen molar-refractivity contribution in [1.82, 2.24) is 15.3 Å². The predicted octanol–water partition coefficient (Wildman–Crippen LogP) is 2.61. The zero-order chi connectivity index (χ0) is 14.7. The molecule has 1 fully saturated rings. The number of nitrogens with one attached hydrogen (secondary N) is 3. The fourth-order valence-electron chi connectivity index (χ4n) is 2.21. The number of nitrogens with zero attached hydrogens (tertiary/aromatic N) is 1. The fraction of sp³-hybridized carbons (Fsp3) is 0.375. The molecule has 1 saturated carbocycles. The van der Waals surface area contributed by atoms with E-state index in [0.29, 0.717) is 6.54 Å². The van der Waals surface area contributed by atoms with Gasteiger partial charge in [0.05, 0.1) is 6.54 Å². The number of benzene rings is 1. The van der Waals surface area contributed by atoms with Crippen LogP contribution in [-0.2, 0) is 11.3 Å². The van der Waals surface area contributed by atoms with Gasteiger partial charge in [-0.2, -0.15) is 0 Å². The second-order valence-electron chi connectivity index (χ2n) is 5.52. The third-order valence-electron chi connectivity index (χ3n) is 3.76. The summed E-state index contributed by atoms with van der Waals surface area (Å²) in [6.07, 6.45) is 5.62. The molecule has 1 atom stereocenters. The summed E-state index contributed by atoms with van der Waals surface area (Å²) < 4.78 is 0. The third kappa shape index (κ3) is 3.70. The van der Waals surface area contributed by atoms with E-state index < -0.39 is 0 Å². The van der Waals surface area contributed by atoms with E-state index in [1.165, 1.54) is 5.56 Å². The van der Waals surface area contributed by atoms with Crippen LogP contribution in [-0.4, -0.2) is 15.9 Å². The normalized spacial score (nSPS) is 15.7. The first-order valence-corrected chi connectivity index (χ1v) is 7.35. The molecular formula is C16H20N4O. The van der Waals surface area contributed by atoms with Gasteiger partial charge >= 0.3 is 0 Å². The summed E-state index contributed by atoms with van der Waals surface area (Å²) in [5, 5.41) is 6.36. The smallest absolute Gasteiger partial charge is 0.227 e. The number of carbonyl (C=O) groups excluding carboxylic acids is 1. The Kier molecular flexibility index (Phi) is 4.01. The minimum absolute atomic E-state index is 0.145. The number of imidazole rings is 1. The second kappa shape index (κ2) is 6.10. The predicted molar refractivity (Wildman–Crippen MR) is 81.6 cm³/mol. The number of amides is 1. The van der Waals surface area contributed by atoms with Crippen molar-refractivity contribution in [2.24, 2.45) is 5.92 Å². The lowest BCUT2D eigenvalue weighted by molar-refractivity contribution is -0.117. The maximum Gasteiger partial charge on any atom is 0.227 e. The van der Waals surface area contributed by atoms with Crippen LogP contribution >= 0.6 is 0 Å². The number of carbonyl (C=O) groups is 1. The number of H-pyrrole nitrogens is 1. The molecule has 0 spiro atoms. The summed E-state index contributed by atoms with van der Waals surface area (Å²) in [4.78, 5) is 18.9. The molecule has 3 N–H and O–H groups in total. The average molecular weight is 284 g/mol. The Morgan fingerprint density at radius 1 is 1.38 bits per heavy atom. The van der Waals surface area contributed by atoms with Gasteiger partial charge in [-0.15, -0.1) is 0 Å². The Morgan fingerprint density at radius 2 is 2.14 bits per heavy atom. The highest BCUT2D eigenvalue weighted by molar-refractivity contribution is 5.93. The first-order chi connectivity index (χ1) is 10.2. The average Bonchev–Trinajstić information content (AvgIpc) is 3.23. The van der Waals surface area contributed by atoms with Gasteiger partial charge in [0.15, 0.2) is 0 Å². The Morgan fingerprint density at radius 3 is 2.76 bits per heavy atom. The summed E-state index contributed by atoms with van der Waals surface area (Å²) in [6, 6.07) is 8.23. The Hall–Kier alpha value is -2.14. The van der Waals surface area contributed by atoms with Crippen molar-refractivity contribution < 1.29 is 4.79 Å². The maximum absolute atomic E-state index is 11.7. The molecule has 1 aliphatic carbocycles. The van der Waals surface area contributed by atoms with Gasteiger partial charge in [0.2, 0.25) is 5.91 Å². The minimum Gasteiger partial charge on any atom is -0.348 e. The molecule has 5 nitrogen and oxygen atoms in total. The van der Waals surface area contributed by atoms with E-state index in [4.69, 9.17) is 0 Å². The van der Waals surface area contributed by atoms with E-state index in [2.05, 4.69) is 27.5 Å². The number of hydrogen-bond donors (Lipinski definition) is 3. The molecule has 1 unspecified atom stereocenters. The van der Waals surface area contributed by atoms with Gasteiger partial charge in [-0.1, -0.05) is 12.1 Å². The molecule has 5 heteroatoms. The molecule has 1 aromatic heterocycles. The third-order valence-corrected chi connectivity index (χ3v) is 3.76. The molecule has 3 rings (SSSR count). The molecule has 0 saturated heterocycles. The maximum atomic E-state index is 11.7. The van der Waals surface area contributed by atoms with Gasteiger partial charge in [0.25, 0.3) is 0 Å². The monoisotopic (exact) mass is 284 g/mol. The molecule has 1 aromatic carbocycles. The van der Waals surface area contributed by atoms with Gasteiger partial charge in [-0.05, 0) is 37.5 Å². The van der Waals surface area contributed by atoms with Crippen molar-refractivity contribution in [3.63, 3.8) is 0 Å². The van der Waals surface area contributed by atoms with Crippen LogP contribution in [0.2, 0.25) is 0 Å². The highest BCUT2D eigenvalue weighted by atomic mass is 16.2. The van der Waals surface area contributed by atoms with Crippen molar-refractivity contribution >= 4 is 11.6 Å². The lowest BCUT2D eigenvalue weighted by atomic mass is 10.1. The topological polar surface area (TPSA) is 69.8 Å². The first-order valence-electron chi connectivity index (χ1n) is 7.35. The quantitative estimate of drug-likeness (QED) is 0.763. The van der Waals surface area contributed by atoms with E-state index in [1.807, 2.05) is 30.5 Å².